The zero-order chi connectivity index (χ0) is 33.0. The molecule has 0 fully saturated rings. The first-order valence-electron chi connectivity index (χ1n) is 14.1. The number of fused-ring (bicyclic) bond motifs is 3. The molecule has 1 aliphatic carbocycles. The minimum absolute atomic E-state index is 0.00804. The molecule has 4 aromatic rings. The first-order valence-corrected chi connectivity index (χ1v) is 15.5. The van der Waals surface area contributed by atoms with Gasteiger partial charge in [0.2, 0.25) is 0 Å². The first-order chi connectivity index (χ1) is 21.7. The van der Waals surface area contributed by atoms with E-state index in [1.54, 1.807) is 31.2 Å². The number of benzene rings is 2. The van der Waals surface area contributed by atoms with Crippen molar-refractivity contribution >= 4 is 33.6 Å². The van der Waals surface area contributed by atoms with Crippen LogP contribution in [0.4, 0.5) is 13.2 Å². The Morgan fingerprint density at radius 1 is 1.07 bits per heavy atom. The smallest absolute Gasteiger partial charge is 0.478 e. The highest BCUT2D eigenvalue weighted by atomic mass is 32.2. The Hall–Kier alpha value is -4.90. The maximum atomic E-state index is 13.5. The highest BCUT2D eigenvalue weighted by Crippen LogP contribution is 2.35. The van der Waals surface area contributed by atoms with Crippen molar-refractivity contribution in [1.82, 2.24) is 34.5 Å². The second-order valence-electron chi connectivity index (χ2n) is 11.0. The Labute approximate surface area is 259 Å². The molecule has 2 amide bonds. The Balaban J connectivity index is 1.18. The summed E-state index contributed by atoms with van der Waals surface area (Å²) in [7, 11) is -5.48. The highest BCUT2D eigenvalue weighted by Gasteiger charge is 2.50. The van der Waals surface area contributed by atoms with Crippen molar-refractivity contribution in [2.75, 3.05) is 6.54 Å². The number of rotatable bonds is 7. The Morgan fingerprint density at radius 3 is 2.59 bits per heavy atom. The number of nitrogens with zero attached hydrogens (tertiary/aromatic N) is 5. The van der Waals surface area contributed by atoms with Crippen molar-refractivity contribution in [3.8, 4) is 0 Å². The van der Waals surface area contributed by atoms with Crippen LogP contribution in [0.2, 0.25) is 0 Å². The fraction of sp³-hybridized carbons (Fsp3) is 0.310. The third-order valence-corrected chi connectivity index (χ3v) is 9.86. The predicted octanol–water partition coefficient (Wildman–Crippen LogP) is 2.69. The van der Waals surface area contributed by atoms with Crippen LogP contribution in [-0.4, -0.2) is 67.2 Å². The maximum absolute atomic E-state index is 13.5. The van der Waals surface area contributed by atoms with Crippen molar-refractivity contribution in [3.63, 3.8) is 0 Å². The highest BCUT2D eigenvalue weighted by molar-refractivity contribution is 7.89. The molecule has 6 rings (SSSR count). The monoisotopic (exact) mass is 657 g/mol. The molecule has 1 atom stereocenters. The molecule has 13 nitrogen and oxygen atoms in total. The van der Waals surface area contributed by atoms with Gasteiger partial charge in [-0.25, -0.2) is 18.2 Å². The number of carboxylic acid groups (broad SMARTS) is 1. The van der Waals surface area contributed by atoms with E-state index >= 15 is 0 Å². The van der Waals surface area contributed by atoms with E-state index in [-0.39, 0.29) is 42.2 Å². The van der Waals surface area contributed by atoms with Gasteiger partial charge in [0, 0.05) is 25.7 Å². The topological polar surface area (TPSA) is 176 Å². The Morgan fingerprint density at radius 2 is 1.85 bits per heavy atom. The second kappa shape index (κ2) is 11.5. The lowest BCUT2D eigenvalue weighted by molar-refractivity contribution is -0.0492. The third kappa shape index (κ3) is 5.55. The normalized spacial score (nSPS) is 16.6. The number of nitrogens with one attached hydrogen (secondary N) is 2. The summed E-state index contributed by atoms with van der Waals surface area (Å²) in [4.78, 5) is 46.3. The average molecular weight is 658 g/mol. The van der Waals surface area contributed by atoms with Crippen LogP contribution in [0.1, 0.15) is 77.2 Å². The minimum Gasteiger partial charge on any atom is -0.478 e. The number of aromatic nitrogens is 4. The van der Waals surface area contributed by atoms with Crippen LogP contribution in [0.5, 0.6) is 0 Å². The van der Waals surface area contributed by atoms with Gasteiger partial charge in [0.1, 0.15) is 17.7 Å². The van der Waals surface area contributed by atoms with Gasteiger partial charge in [-0.05, 0) is 65.6 Å². The first kappa shape index (κ1) is 31.1. The molecule has 3 N–H and O–H groups in total. The summed E-state index contributed by atoms with van der Waals surface area (Å²) in [6.07, 6.45) is 2.41. The Bertz CT molecular complexity index is 2030. The number of aromatic carboxylic acids is 1. The van der Waals surface area contributed by atoms with Crippen LogP contribution in [0.15, 0.2) is 42.7 Å². The van der Waals surface area contributed by atoms with Crippen LogP contribution in [0, 0.1) is 6.92 Å². The molecule has 0 radical (unpaired) electrons. The number of carboxylic acids is 1. The maximum Gasteiger partial charge on any atom is 0.511 e. The molecule has 240 valence electrons. The number of sulfonamides is 1. The van der Waals surface area contributed by atoms with Crippen molar-refractivity contribution < 1.29 is 41.1 Å². The molecule has 0 saturated heterocycles. The van der Waals surface area contributed by atoms with Gasteiger partial charge < -0.3 is 15.7 Å². The number of hydrogen-bond acceptors (Lipinski definition) is 8. The summed E-state index contributed by atoms with van der Waals surface area (Å²) in [6.45, 7) is 0.927. The Kier molecular flexibility index (Phi) is 7.76. The summed E-state index contributed by atoms with van der Waals surface area (Å²) in [5, 5.41) is 19.1. The molecule has 0 bridgehead atoms. The number of halogens is 3. The van der Waals surface area contributed by atoms with Crippen LogP contribution < -0.4 is 10.6 Å². The molecule has 2 aliphatic rings. The summed E-state index contributed by atoms with van der Waals surface area (Å²) in [6, 6.07) is 8.96. The molecular weight excluding hydrogens is 631 g/mol. The van der Waals surface area contributed by atoms with E-state index in [2.05, 4.69) is 25.7 Å². The molecule has 2 aromatic carbocycles. The van der Waals surface area contributed by atoms with Gasteiger partial charge in [-0.15, -0.1) is 0 Å². The van der Waals surface area contributed by atoms with Gasteiger partial charge in [-0.3, -0.25) is 9.59 Å². The van der Waals surface area contributed by atoms with Crippen LogP contribution in [0.25, 0.3) is 5.78 Å². The van der Waals surface area contributed by atoms with Gasteiger partial charge >= 0.3 is 21.5 Å². The zero-order valence-corrected chi connectivity index (χ0v) is 24.9. The van der Waals surface area contributed by atoms with E-state index in [1.807, 2.05) is 0 Å². The number of hydrogen-bond donors (Lipinski definition) is 3. The largest absolute Gasteiger partial charge is 0.511 e. The molecule has 0 spiro atoms. The lowest BCUT2D eigenvalue weighted by atomic mass is 9.98. The molecule has 17 heteroatoms. The van der Waals surface area contributed by atoms with E-state index < -0.39 is 45.9 Å². The van der Waals surface area contributed by atoms with Crippen molar-refractivity contribution in [3.05, 3.63) is 93.1 Å². The average Bonchev–Trinajstić information content (AvgIpc) is 3.66. The lowest BCUT2D eigenvalue weighted by Gasteiger charge is -2.29. The van der Waals surface area contributed by atoms with Crippen molar-refractivity contribution in [1.29, 1.82) is 0 Å². The number of carbonyl (C=O) groups is 3. The van der Waals surface area contributed by atoms with Crippen molar-refractivity contribution in [2.45, 2.75) is 50.8 Å². The number of amides is 2. The summed E-state index contributed by atoms with van der Waals surface area (Å²) < 4.78 is 64.6. The molecule has 1 aliphatic heterocycles. The van der Waals surface area contributed by atoms with E-state index in [0.29, 0.717) is 39.4 Å². The van der Waals surface area contributed by atoms with E-state index in [1.165, 1.54) is 23.0 Å². The van der Waals surface area contributed by atoms with Gasteiger partial charge in [-0.1, -0.05) is 24.3 Å². The summed E-state index contributed by atoms with van der Waals surface area (Å²) >= 11 is 0. The molecule has 2 aromatic heterocycles. The fourth-order valence-corrected chi connectivity index (χ4v) is 6.84. The molecule has 3 heterocycles. The van der Waals surface area contributed by atoms with Gasteiger partial charge in [0.05, 0.1) is 11.6 Å². The number of carbonyl (C=O) groups excluding carboxylic acids is 2. The van der Waals surface area contributed by atoms with Crippen molar-refractivity contribution in [2.24, 2.45) is 0 Å². The van der Waals surface area contributed by atoms with Gasteiger partial charge in [0.25, 0.3) is 17.6 Å². The SMILES string of the molecule is Cc1c(C(=O)O)ccc2c1CC[C@@H]2NC(=O)c1cc(C(=O)NCc2ccc3c(c2)CN(S(=O)(=O)C(F)(F)F)CC3)nc2ncnn12. The number of alkyl halides is 3. The second-order valence-corrected chi connectivity index (χ2v) is 12.9. The standard InChI is InChI=1S/C29H26F3N7O6S/c1-15-19-6-7-22(21(19)5-4-20(15)27(42)43)36-26(41)24-11-23(37-28-34-14-35-39(24)28)25(40)33-12-16-2-3-17-8-9-38(13-18(17)10-16)46(44,45)29(30,31)32/h2-5,10-11,14,22H,6-9,12-13H2,1H3,(H,33,40)(H,36,41)(H,42,43)/t22-/m0/s1. The van der Waals surface area contributed by atoms with Gasteiger partial charge in [-0.2, -0.15) is 32.1 Å². The third-order valence-electron chi connectivity index (χ3n) is 8.28. The minimum atomic E-state index is -5.48. The summed E-state index contributed by atoms with van der Waals surface area (Å²) in [5.41, 5.74) is -1.42. The molecule has 46 heavy (non-hydrogen) atoms. The fourth-order valence-electron chi connectivity index (χ4n) is 5.90. The zero-order valence-electron chi connectivity index (χ0n) is 24.1. The van der Waals surface area contributed by atoms with E-state index in [9.17, 15) is 41.1 Å². The lowest BCUT2D eigenvalue weighted by Crippen LogP contribution is -2.43. The molecule has 0 unspecified atom stereocenters. The van der Waals surface area contributed by atoms with Crippen LogP contribution in [0.3, 0.4) is 0 Å². The van der Waals surface area contributed by atoms with E-state index in [0.717, 1.165) is 11.1 Å². The van der Waals surface area contributed by atoms with E-state index in [4.69, 9.17) is 0 Å². The molecule has 0 saturated carbocycles. The quantitative estimate of drug-likeness (QED) is 0.270. The van der Waals surface area contributed by atoms with Crippen LogP contribution in [-0.2, 0) is 36.0 Å². The summed E-state index contributed by atoms with van der Waals surface area (Å²) in [5.74, 6) is -2.26. The van der Waals surface area contributed by atoms with Gasteiger partial charge in [0.15, 0.2) is 0 Å². The van der Waals surface area contributed by atoms with Crippen LogP contribution >= 0.6 is 0 Å². The predicted molar refractivity (Wildman–Crippen MR) is 154 cm³/mol. The molecular formula is C29H26F3N7O6S.